The van der Waals surface area contributed by atoms with Crippen LogP contribution in [0.2, 0.25) is 0 Å². The third kappa shape index (κ3) is 3.86. The van der Waals surface area contributed by atoms with Crippen molar-refractivity contribution in [1.82, 2.24) is 4.90 Å². The molecule has 1 atom stereocenters. The third-order valence-electron chi connectivity index (χ3n) is 4.52. The normalized spacial score (nSPS) is 12.3. The zero-order valence-electron chi connectivity index (χ0n) is 14.7. The second-order valence-electron chi connectivity index (χ2n) is 6.44. The Labute approximate surface area is 149 Å². The first-order chi connectivity index (χ1) is 12.2. The Balaban J connectivity index is 2.10. The Morgan fingerprint density at radius 1 is 0.680 bits per heavy atom. The first-order valence-corrected chi connectivity index (χ1v) is 8.54. The van der Waals surface area contributed by atoms with Gasteiger partial charge in [0.05, 0.1) is 6.04 Å². The summed E-state index contributed by atoms with van der Waals surface area (Å²) in [4.78, 5) is 15.4. The molecule has 3 rings (SSSR count). The van der Waals surface area contributed by atoms with Gasteiger partial charge in [-0.05, 0) is 25.2 Å². The van der Waals surface area contributed by atoms with Gasteiger partial charge in [0.25, 0.3) is 0 Å². The molecule has 0 fully saturated rings. The predicted octanol–water partition coefficient (Wildman–Crippen LogP) is 4.63. The molecule has 0 saturated heterocycles. The lowest BCUT2D eigenvalue weighted by molar-refractivity contribution is 0.0859. The molecule has 3 aromatic carbocycles. The van der Waals surface area contributed by atoms with Gasteiger partial charge in [0.15, 0.2) is 5.78 Å². The molecule has 0 saturated carbocycles. The summed E-state index contributed by atoms with van der Waals surface area (Å²) in [5.74, 6) is 0.119. The zero-order valence-corrected chi connectivity index (χ0v) is 14.7. The number of carbonyl (C=O) groups is 1. The molecule has 0 heterocycles. The number of benzene rings is 3. The van der Waals surface area contributed by atoms with Gasteiger partial charge in [-0.15, -0.1) is 0 Å². The number of Topliss-reactive ketones (excluding diaryl/α,β-unsaturated/α-hetero) is 1. The van der Waals surface area contributed by atoms with Gasteiger partial charge in [0, 0.05) is 11.5 Å². The number of rotatable bonds is 6. The molecular weight excluding hydrogens is 306 g/mol. The van der Waals surface area contributed by atoms with Crippen LogP contribution >= 0.6 is 0 Å². The fourth-order valence-electron chi connectivity index (χ4n) is 3.33. The fourth-order valence-corrected chi connectivity index (χ4v) is 3.33. The van der Waals surface area contributed by atoms with Crippen molar-refractivity contribution in [2.75, 3.05) is 14.1 Å². The first-order valence-electron chi connectivity index (χ1n) is 8.54. The van der Waals surface area contributed by atoms with Crippen molar-refractivity contribution in [2.24, 2.45) is 0 Å². The Morgan fingerprint density at radius 2 is 1.08 bits per heavy atom. The average molecular weight is 329 g/mol. The van der Waals surface area contributed by atoms with Crippen molar-refractivity contribution in [1.29, 1.82) is 0 Å². The maximum Gasteiger partial charge on any atom is 0.180 e. The van der Waals surface area contributed by atoms with Crippen LogP contribution in [0, 0.1) is 0 Å². The van der Waals surface area contributed by atoms with Crippen molar-refractivity contribution in [3.05, 3.63) is 108 Å². The Bertz CT molecular complexity index is 758. The minimum atomic E-state index is -0.271. The molecule has 0 bridgehead atoms. The lowest BCUT2D eigenvalue weighted by Crippen LogP contribution is -2.41. The quantitative estimate of drug-likeness (QED) is 0.615. The maximum atomic E-state index is 13.3. The van der Waals surface area contributed by atoms with Gasteiger partial charge in [-0.3, -0.25) is 9.69 Å². The lowest BCUT2D eigenvalue weighted by atomic mass is 9.81. The van der Waals surface area contributed by atoms with E-state index in [4.69, 9.17) is 0 Å². The van der Waals surface area contributed by atoms with E-state index in [1.165, 1.54) is 0 Å². The smallest absolute Gasteiger partial charge is 0.180 e. The van der Waals surface area contributed by atoms with Crippen molar-refractivity contribution < 1.29 is 4.79 Å². The highest BCUT2D eigenvalue weighted by atomic mass is 16.1. The van der Waals surface area contributed by atoms with Gasteiger partial charge in [-0.1, -0.05) is 91.0 Å². The van der Waals surface area contributed by atoms with Crippen LogP contribution in [0.4, 0.5) is 0 Å². The van der Waals surface area contributed by atoms with Crippen LogP contribution in [0.25, 0.3) is 0 Å². The molecule has 0 aliphatic heterocycles. The zero-order chi connectivity index (χ0) is 17.6. The van der Waals surface area contributed by atoms with E-state index in [0.29, 0.717) is 0 Å². The number of nitrogens with zero attached hydrogens (tertiary/aromatic N) is 1. The van der Waals surface area contributed by atoms with Crippen molar-refractivity contribution in [2.45, 2.75) is 12.0 Å². The van der Waals surface area contributed by atoms with E-state index in [9.17, 15) is 4.79 Å². The lowest BCUT2D eigenvalue weighted by Gasteiger charge is -2.32. The summed E-state index contributed by atoms with van der Waals surface area (Å²) < 4.78 is 0. The maximum absolute atomic E-state index is 13.3. The molecular formula is C23H23NO. The average Bonchev–Trinajstić information content (AvgIpc) is 2.67. The van der Waals surface area contributed by atoms with Crippen molar-refractivity contribution >= 4 is 5.78 Å². The number of hydrogen-bond acceptors (Lipinski definition) is 2. The summed E-state index contributed by atoms with van der Waals surface area (Å²) in [7, 11) is 3.95. The summed E-state index contributed by atoms with van der Waals surface area (Å²) in [6.07, 6.45) is 0. The largest absolute Gasteiger partial charge is 0.299 e. The van der Waals surface area contributed by atoms with Crippen molar-refractivity contribution in [3.63, 3.8) is 0 Å². The molecule has 0 N–H and O–H groups in total. The minimum absolute atomic E-state index is 0.0230. The van der Waals surface area contributed by atoms with Crippen LogP contribution in [0.1, 0.15) is 27.4 Å². The highest BCUT2D eigenvalue weighted by molar-refractivity contribution is 6.01. The van der Waals surface area contributed by atoms with E-state index < -0.39 is 0 Å². The second kappa shape index (κ2) is 7.91. The van der Waals surface area contributed by atoms with Crippen LogP contribution in [0.5, 0.6) is 0 Å². The highest BCUT2D eigenvalue weighted by Crippen LogP contribution is 2.32. The van der Waals surface area contributed by atoms with Gasteiger partial charge in [-0.25, -0.2) is 0 Å². The summed E-state index contributed by atoms with van der Waals surface area (Å²) >= 11 is 0. The standard InChI is InChI=1S/C23H23NO/c1-24(2)22(23(25)20-16-10-5-11-17-20)21(18-12-6-3-7-13-18)19-14-8-4-9-15-19/h3-17,21-22H,1-2H3. The van der Waals surface area contributed by atoms with Crippen LogP contribution in [-0.4, -0.2) is 30.8 Å². The Kier molecular flexibility index (Phi) is 5.42. The van der Waals surface area contributed by atoms with Crippen molar-refractivity contribution in [3.8, 4) is 0 Å². The molecule has 0 radical (unpaired) electrons. The summed E-state index contributed by atoms with van der Waals surface area (Å²) in [5.41, 5.74) is 3.05. The Hall–Kier alpha value is -2.71. The van der Waals surface area contributed by atoms with E-state index in [0.717, 1.165) is 16.7 Å². The summed E-state index contributed by atoms with van der Waals surface area (Å²) in [5, 5.41) is 0. The van der Waals surface area contributed by atoms with Crippen LogP contribution < -0.4 is 0 Å². The van der Waals surface area contributed by atoms with Gasteiger partial charge in [-0.2, -0.15) is 0 Å². The van der Waals surface area contributed by atoms with Crippen LogP contribution in [0.3, 0.4) is 0 Å². The van der Waals surface area contributed by atoms with Crippen LogP contribution in [-0.2, 0) is 0 Å². The number of ketones is 1. The molecule has 0 aliphatic carbocycles. The van der Waals surface area contributed by atoms with Gasteiger partial charge in [0.1, 0.15) is 0 Å². The van der Waals surface area contributed by atoms with Gasteiger partial charge < -0.3 is 0 Å². The van der Waals surface area contributed by atoms with Gasteiger partial charge >= 0.3 is 0 Å². The van der Waals surface area contributed by atoms with E-state index in [2.05, 4.69) is 24.3 Å². The molecule has 126 valence electrons. The van der Waals surface area contributed by atoms with E-state index >= 15 is 0 Å². The first kappa shape index (κ1) is 17.1. The third-order valence-corrected chi connectivity index (χ3v) is 4.52. The summed E-state index contributed by atoms with van der Waals surface area (Å²) in [6, 6.07) is 29.9. The minimum Gasteiger partial charge on any atom is -0.299 e. The molecule has 0 amide bonds. The van der Waals surface area contributed by atoms with Gasteiger partial charge in [0.2, 0.25) is 0 Å². The van der Waals surface area contributed by atoms with E-state index in [-0.39, 0.29) is 17.7 Å². The topological polar surface area (TPSA) is 20.3 Å². The number of likely N-dealkylation sites (N-methyl/N-ethyl adjacent to an activating group) is 1. The van der Waals surface area contributed by atoms with E-state index in [1.807, 2.05) is 85.7 Å². The predicted molar refractivity (Wildman–Crippen MR) is 103 cm³/mol. The highest BCUT2D eigenvalue weighted by Gasteiger charge is 2.33. The molecule has 0 spiro atoms. The summed E-state index contributed by atoms with van der Waals surface area (Å²) in [6.45, 7) is 0. The van der Waals surface area contributed by atoms with Crippen LogP contribution in [0.15, 0.2) is 91.0 Å². The molecule has 0 aliphatic rings. The second-order valence-corrected chi connectivity index (χ2v) is 6.44. The van der Waals surface area contributed by atoms with E-state index in [1.54, 1.807) is 0 Å². The fraction of sp³-hybridized carbons (Fsp3) is 0.174. The molecule has 1 unspecified atom stereocenters. The molecule has 25 heavy (non-hydrogen) atoms. The Morgan fingerprint density at radius 3 is 1.48 bits per heavy atom. The number of hydrogen-bond donors (Lipinski definition) is 0. The molecule has 2 nitrogen and oxygen atoms in total. The molecule has 3 aromatic rings. The molecule has 0 aromatic heterocycles. The molecule has 2 heteroatoms. The SMILES string of the molecule is CN(C)C(C(=O)c1ccccc1)C(c1ccccc1)c1ccccc1. The number of carbonyl (C=O) groups excluding carboxylic acids is 1. The monoisotopic (exact) mass is 329 g/mol.